The number of carbonyl (C=O) groups is 2. The topological polar surface area (TPSA) is 62.4 Å². The van der Waals surface area contributed by atoms with Crippen LogP contribution in [0.4, 0.5) is 10.1 Å². The molecule has 0 amide bonds. The highest BCUT2D eigenvalue weighted by Crippen LogP contribution is 2.32. The number of rotatable bonds is 5. The number of aromatic amines is 1. The van der Waals surface area contributed by atoms with Gasteiger partial charge in [0.2, 0.25) is 0 Å². The summed E-state index contributed by atoms with van der Waals surface area (Å²) in [6.07, 6.45) is 0. The molecule has 0 saturated heterocycles. The van der Waals surface area contributed by atoms with E-state index in [2.05, 4.69) is 4.98 Å². The number of halogens is 2. The SMILES string of the molecule is COC(=O)c1[nH]c2cc(Cl)ccc2c1N(C)CC(=O)c1cccc(F)c1. The van der Waals surface area contributed by atoms with Crippen LogP contribution in [0, 0.1) is 5.82 Å². The molecule has 26 heavy (non-hydrogen) atoms. The van der Waals surface area contributed by atoms with Gasteiger partial charge in [-0.2, -0.15) is 0 Å². The van der Waals surface area contributed by atoms with Gasteiger partial charge in [0, 0.05) is 28.5 Å². The van der Waals surface area contributed by atoms with Crippen molar-refractivity contribution in [3.8, 4) is 0 Å². The number of aromatic nitrogens is 1. The Kier molecular flexibility index (Phi) is 4.95. The number of ether oxygens (including phenoxy) is 1. The van der Waals surface area contributed by atoms with Crippen molar-refractivity contribution in [3.05, 3.63) is 64.6 Å². The number of fused-ring (bicyclic) bond motifs is 1. The van der Waals surface area contributed by atoms with Crippen LogP contribution in [0.2, 0.25) is 5.02 Å². The zero-order valence-electron chi connectivity index (χ0n) is 14.2. The molecule has 0 spiro atoms. The Hall–Kier alpha value is -2.86. The molecular formula is C19H16ClFN2O3. The Morgan fingerprint density at radius 3 is 2.69 bits per heavy atom. The Labute approximate surface area is 154 Å². The van der Waals surface area contributed by atoms with Crippen LogP contribution in [0.1, 0.15) is 20.8 Å². The van der Waals surface area contributed by atoms with E-state index in [0.29, 0.717) is 16.2 Å². The Morgan fingerprint density at radius 2 is 2.00 bits per heavy atom. The molecular weight excluding hydrogens is 359 g/mol. The van der Waals surface area contributed by atoms with Crippen LogP contribution in [0.5, 0.6) is 0 Å². The quantitative estimate of drug-likeness (QED) is 0.540. The zero-order chi connectivity index (χ0) is 18.8. The summed E-state index contributed by atoms with van der Waals surface area (Å²) in [5, 5.41) is 1.24. The summed E-state index contributed by atoms with van der Waals surface area (Å²) in [7, 11) is 2.96. The molecule has 0 radical (unpaired) electrons. The van der Waals surface area contributed by atoms with Gasteiger partial charge in [-0.05, 0) is 30.3 Å². The van der Waals surface area contributed by atoms with E-state index in [0.717, 1.165) is 5.39 Å². The van der Waals surface area contributed by atoms with Gasteiger partial charge >= 0.3 is 5.97 Å². The molecule has 7 heteroatoms. The number of benzene rings is 2. The van der Waals surface area contributed by atoms with E-state index >= 15 is 0 Å². The van der Waals surface area contributed by atoms with Crippen molar-refractivity contribution in [2.45, 2.75) is 0 Å². The van der Waals surface area contributed by atoms with Crippen LogP contribution in [0.3, 0.4) is 0 Å². The molecule has 134 valence electrons. The maximum atomic E-state index is 13.4. The first-order valence-corrected chi connectivity index (χ1v) is 8.18. The summed E-state index contributed by atoms with van der Waals surface area (Å²) < 4.78 is 18.2. The van der Waals surface area contributed by atoms with Crippen LogP contribution >= 0.6 is 11.6 Å². The number of likely N-dealkylation sites (N-methyl/N-ethyl adjacent to an activating group) is 1. The van der Waals surface area contributed by atoms with Crippen molar-refractivity contribution in [3.63, 3.8) is 0 Å². The predicted molar refractivity (Wildman–Crippen MR) is 98.6 cm³/mol. The number of ketones is 1. The second kappa shape index (κ2) is 7.17. The summed E-state index contributed by atoms with van der Waals surface area (Å²) >= 11 is 6.01. The minimum atomic E-state index is -0.558. The maximum Gasteiger partial charge on any atom is 0.356 e. The molecule has 1 N–H and O–H groups in total. The summed E-state index contributed by atoms with van der Waals surface area (Å²) in [4.78, 5) is 29.3. The number of H-pyrrole nitrogens is 1. The smallest absolute Gasteiger partial charge is 0.356 e. The molecule has 2 aromatic carbocycles. The third-order valence-electron chi connectivity index (χ3n) is 4.03. The van der Waals surface area contributed by atoms with Crippen molar-refractivity contribution >= 4 is 39.9 Å². The van der Waals surface area contributed by atoms with Crippen molar-refractivity contribution in [2.24, 2.45) is 0 Å². The zero-order valence-corrected chi connectivity index (χ0v) is 14.9. The van der Waals surface area contributed by atoms with E-state index in [1.54, 1.807) is 36.2 Å². The molecule has 0 atom stereocenters. The van der Waals surface area contributed by atoms with Gasteiger partial charge in [-0.25, -0.2) is 9.18 Å². The van der Waals surface area contributed by atoms with Gasteiger partial charge in [0.1, 0.15) is 11.5 Å². The number of hydrogen-bond acceptors (Lipinski definition) is 4. The van der Waals surface area contributed by atoms with Gasteiger partial charge in [-0.3, -0.25) is 4.79 Å². The average molecular weight is 375 g/mol. The molecule has 0 bridgehead atoms. The molecule has 0 unspecified atom stereocenters. The molecule has 0 saturated carbocycles. The normalized spacial score (nSPS) is 10.8. The summed E-state index contributed by atoms with van der Waals surface area (Å²) in [6, 6.07) is 10.6. The lowest BCUT2D eigenvalue weighted by atomic mass is 10.1. The summed E-state index contributed by atoms with van der Waals surface area (Å²) in [5.74, 6) is -1.31. The molecule has 0 aliphatic rings. The van der Waals surface area contributed by atoms with E-state index in [9.17, 15) is 14.0 Å². The van der Waals surface area contributed by atoms with Gasteiger partial charge in [0.05, 0.1) is 19.3 Å². The molecule has 0 aliphatic carbocycles. The number of anilines is 1. The van der Waals surface area contributed by atoms with Crippen LogP contribution in [-0.2, 0) is 4.74 Å². The fraction of sp³-hybridized carbons (Fsp3) is 0.158. The minimum Gasteiger partial charge on any atom is -0.464 e. The number of carbonyl (C=O) groups excluding carboxylic acids is 2. The maximum absolute atomic E-state index is 13.4. The Morgan fingerprint density at radius 1 is 1.23 bits per heavy atom. The summed E-state index contributed by atoms with van der Waals surface area (Å²) in [6.45, 7) is -0.0387. The van der Waals surface area contributed by atoms with Crippen LogP contribution < -0.4 is 4.90 Å². The van der Waals surface area contributed by atoms with Crippen molar-refractivity contribution in [2.75, 3.05) is 25.6 Å². The number of nitrogens with zero attached hydrogens (tertiary/aromatic N) is 1. The fourth-order valence-electron chi connectivity index (χ4n) is 2.85. The molecule has 1 aromatic heterocycles. The largest absolute Gasteiger partial charge is 0.464 e. The highest BCUT2D eigenvalue weighted by Gasteiger charge is 2.23. The third-order valence-corrected chi connectivity index (χ3v) is 4.27. The van der Waals surface area contributed by atoms with Gasteiger partial charge in [-0.15, -0.1) is 0 Å². The first-order valence-electron chi connectivity index (χ1n) is 7.80. The van der Waals surface area contributed by atoms with Gasteiger partial charge in [0.15, 0.2) is 5.78 Å². The lowest BCUT2D eigenvalue weighted by molar-refractivity contribution is 0.0595. The first-order chi connectivity index (χ1) is 12.4. The Bertz CT molecular complexity index is 1000. The molecule has 0 aliphatic heterocycles. The molecule has 3 aromatic rings. The lowest BCUT2D eigenvalue weighted by Crippen LogP contribution is -2.27. The van der Waals surface area contributed by atoms with E-state index in [1.807, 2.05) is 0 Å². The van der Waals surface area contributed by atoms with E-state index in [4.69, 9.17) is 16.3 Å². The van der Waals surface area contributed by atoms with Crippen molar-refractivity contribution < 1.29 is 18.7 Å². The van der Waals surface area contributed by atoms with Gasteiger partial charge in [-0.1, -0.05) is 23.7 Å². The molecule has 0 fully saturated rings. The molecule has 3 rings (SSSR count). The monoisotopic (exact) mass is 374 g/mol. The standard InChI is InChI=1S/C19H16ClFN2O3/c1-23(10-16(24)11-4-3-5-13(21)8-11)18-14-7-6-12(20)9-15(14)22-17(18)19(25)26-2/h3-9,22H,10H2,1-2H3. The van der Waals surface area contributed by atoms with Crippen LogP contribution in [0.15, 0.2) is 42.5 Å². The highest BCUT2D eigenvalue weighted by molar-refractivity contribution is 6.31. The number of hydrogen-bond donors (Lipinski definition) is 1. The van der Waals surface area contributed by atoms with Crippen LogP contribution in [0.25, 0.3) is 10.9 Å². The van der Waals surface area contributed by atoms with Crippen molar-refractivity contribution in [1.82, 2.24) is 4.98 Å². The Balaban J connectivity index is 2.00. The minimum absolute atomic E-state index is 0.0387. The highest BCUT2D eigenvalue weighted by atomic mass is 35.5. The lowest BCUT2D eigenvalue weighted by Gasteiger charge is -2.19. The van der Waals surface area contributed by atoms with Gasteiger partial charge < -0.3 is 14.6 Å². The number of esters is 1. The first kappa shape index (κ1) is 17.9. The van der Waals surface area contributed by atoms with Crippen molar-refractivity contribution in [1.29, 1.82) is 0 Å². The van der Waals surface area contributed by atoms with E-state index in [1.165, 1.54) is 25.3 Å². The summed E-state index contributed by atoms with van der Waals surface area (Å²) in [5.41, 5.74) is 1.66. The van der Waals surface area contributed by atoms with E-state index in [-0.39, 0.29) is 23.6 Å². The number of Topliss-reactive ketones (excluding diaryl/α,β-unsaturated/α-hetero) is 1. The molecule has 1 heterocycles. The second-order valence-corrected chi connectivity index (χ2v) is 6.26. The number of methoxy groups -OCH3 is 1. The van der Waals surface area contributed by atoms with E-state index < -0.39 is 11.8 Å². The predicted octanol–water partition coefficient (Wildman–Crippen LogP) is 4.07. The van der Waals surface area contributed by atoms with Gasteiger partial charge in [0.25, 0.3) is 0 Å². The number of nitrogens with one attached hydrogen (secondary N) is 1. The fourth-order valence-corrected chi connectivity index (χ4v) is 3.02. The van der Waals surface area contributed by atoms with Crippen LogP contribution in [-0.4, -0.2) is 37.4 Å². The second-order valence-electron chi connectivity index (χ2n) is 5.82. The molecule has 5 nitrogen and oxygen atoms in total. The average Bonchev–Trinajstić information content (AvgIpc) is 2.99. The third kappa shape index (κ3) is 3.41.